The average molecular weight is 326 g/mol. The minimum atomic E-state index is 0.698. The first-order valence-corrected chi connectivity index (χ1v) is 8.37. The van der Waals surface area contributed by atoms with Gasteiger partial charge in [0.2, 0.25) is 4.77 Å². The fraction of sp³-hybridized carbons (Fsp3) is 0.353. The van der Waals surface area contributed by atoms with Crippen LogP contribution in [-0.4, -0.2) is 25.7 Å². The van der Waals surface area contributed by atoms with Crippen LogP contribution in [0.15, 0.2) is 30.3 Å². The number of aromatic nitrogens is 4. The van der Waals surface area contributed by atoms with Crippen LogP contribution in [-0.2, 0) is 19.6 Å². The molecular formula is C17H20N5S+. The van der Waals surface area contributed by atoms with E-state index in [4.69, 9.17) is 12.2 Å². The first-order chi connectivity index (χ1) is 11.1. The van der Waals surface area contributed by atoms with Crippen molar-refractivity contribution >= 4 is 18.0 Å². The number of quaternary nitrogens is 1. The fourth-order valence-electron chi connectivity index (χ4n) is 3.43. The van der Waals surface area contributed by atoms with Gasteiger partial charge in [-0.25, -0.2) is 4.98 Å². The normalized spacial score (nSPS) is 17.4. The van der Waals surface area contributed by atoms with Gasteiger partial charge >= 0.3 is 0 Å². The van der Waals surface area contributed by atoms with Crippen LogP contribution in [0.2, 0.25) is 0 Å². The summed E-state index contributed by atoms with van der Waals surface area (Å²) < 4.78 is 4.61. The Morgan fingerprint density at radius 2 is 2.00 bits per heavy atom. The maximum atomic E-state index is 5.61. The van der Waals surface area contributed by atoms with Crippen molar-refractivity contribution in [2.75, 3.05) is 6.54 Å². The smallest absolute Gasteiger partial charge is 0.254 e. The fourth-order valence-corrected chi connectivity index (χ4v) is 3.76. The lowest BCUT2D eigenvalue weighted by Crippen LogP contribution is -3.11. The Morgan fingerprint density at radius 3 is 2.83 bits per heavy atom. The number of benzene rings is 1. The maximum absolute atomic E-state index is 5.61. The van der Waals surface area contributed by atoms with E-state index < -0.39 is 0 Å². The van der Waals surface area contributed by atoms with E-state index in [1.165, 1.54) is 16.0 Å². The summed E-state index contributed by atoms with van der Waals surface area (Å²) in [5.41, 5.74) is 4.97. The third kappa shape index (κ3) is 2.58. The number of hydrogen-bond donors (Lipinski definition) is 1. The lowest BCUT2D eigenvalue weighted by Gasteiger charge is -2.25. The third-order valence-electron chi connectivity index (χ3n) is 4.55. The molecule has 5 nitrogen and oxygen atoms in total. The minimum absolute atomic E-state index is 0.698. The standard InChI is InChI=1S/C17H19N5S/c1-12-9-13(2)22-16(18-12)19-21(17(22)23)11-20-8-7-14-5-3-4-6-15(14)10-20/h3-6,9H,7-8,10-11H2,1-2H3/p+1. The predicted molar refractivity (Wildman–Crippen MR) is 91.0 cm³/mol. The van der Waals surface area contributed by atoms with Crippen LogP contribution in [0.4, 0.5) is 0 Å². The van der Waals surface area contributed by atoms with Crippen molar-refractivity contribution in [1.82, 2.24) is 19.2 Å². The second-order valence-corrected chi connectivity index (χ2v) is 6.68. The van der Waals surface area contributed by atoms with Crippen molar-refractivity contribution in [2.45, 2.75) is 33.5 Å². The number of nitrogens with one attached hydrogen (secondary N) is 1. The maximum Gasteiger partial charge on any atom is 0.254 e. The van der Waals surface area contributed by atoms with Gasteiger partial charge in [0.1, 0.15) is 6.54 Å². The lowest BCUT2D eigenvalue weighted by molar-refractivity contribution is -0.939. The van der Waals surface area contributed by atoms with Crippen molar-refractivity contribution in [2.24, 2.45) is 0 Å². The number of rotatable bonds is 2. The van der Waals surface area contributed by atoms with Crippen LogP contribution in [0.1, 0.15) is 22.5 Å². The number of fused-ring (bicyclic) bond motifs is 2. The summed E-state index contributed by atoms with van der Waals surface area (Å²) in [6.07, 6.45) is 1.11. The summed E-state index contributed by atoms with van der Waals surface area (Å²) in [6, 6.07) is 10.7. The Balaban J connectivity index is 1.65. The molecule has 0 fully saturated rings. The molecule has 0 amide bonds. The summed E-state index contributed by atoms with van der Waals surface area (Å²) in [5.74, 6) is 0.698. The van der Waals surface area contributed by atoms with Crippen LogP contribution >= 0.6 is 12.2 Å². The molecule has 3 aromatic rings. The second-order valence-electron chi connectivity index (χ2n) is 6.31. The van der Waals surface area contributed by atoms with Crippen molar-refractivity contribution in [3.05, 3.63) is 57.6 Å². The number of hydrogen-bond acceptors (Lipinski definition) is 3. The monoisotopic (exact) mass is 326 g/mol. The Hall–Kier alpha value is -2.05. The van der Waals surface area contributed by atoms with Crippen LogP contribution in [0, 0.1) is 18.6 Å². The largest absolute Gasteiger partial charge is 0.312 e. The zero-order valence-corrected chi connectivity index (χ0v) is 14.2. The topological polar surface area (TPSA) is 39.6 Å². The molecule has 1 aliphatic rings. The van der Waals surface area contributed by atoms with E-state index in [2.05, 4.69) is 34.3 Å². The van der Waals surface area contributed by atoms with E-state index in [-0.39, 0.29) is 0 Å². The molecule has 1 aromatic carbocycles. The van der Waals surface area contributed by atoms with Crippen molar-refractivity contribution < 1.29 is 4.90 Å². The third-order valence-corrected chi connectivity index (χ3v) is 4.94. The molecule has 0 saturated heterocycles. The summed E-state index contributed by atoms with van der Waals surface area (Å²) in [4.78, 5) is 5.99. The van der Waals surface area contributed by atoms with Gasteiger partial charge in [-0.1, -0.05) is 24.3 Å². The Kier molecular flexibility index (Phi) is 3.50. The molecule has 23 heavy (non-hydrogen) atoms. The van der Waals surface area contributed by atoms with E-state index in [1.54, 1.807) is 0 Å². The Bertz CT molecular complexity index is 940. The zero-order chi connectivity index (χ0) is 16.0. The minimum Gasteiger partial charge on any atom is -0.312 e. The van der Waals surface area contributed by atoms with Gasteiger partial charge in [-0.3, -0.25) is 4.40 Å². The van der Waals surface area contributed by atoms with Gasteiger partial charge in [-0.2, -0.15) is 4.68 Å². The zero-order valence-electron chi connectivity index (χ0n) is 13.4. The van der Waals surface area contributed by atoms with Gasteiger partial charge in [0.15, 0.2) is 6.67 Å². The van der Waals surface area contributed by atoms with Gasteiger partial charge in [-0.05, 0) is 37.7 Å². The van der Waals surface area contributed by atoms with E-state index >= 15 is 0 Å². The molecule has 1 N–H and O–H groups in total. The average Bonchev–Trinajstić information content (AvgIpc) is 2.83. The molecule has 0 aliphatic carbocycles. The molecule has 0 spiro atoms. The van der Waals surface area contributed by atoms with Crippen LogP contribution < -0.4 is 4.90 Å². The molecule has 0 saturated carbocycles. The number of nitrogens with zero attached hydrogens (tertiary/aromatic N) is 4. The summed E-state index contributed by atoms with van der Waals surface area (Å²) in [7, 11) is 0. The van der Waals surface area contributed by atoms with E-state index in [1.807, 2.05) is 29.0 Å². The molecule has 2 aromatic heterocycles. The molecule has 1 unspecified atom stereocenters. The predicted octanol–water partition coefficient (Wildman–Crippen LogP) is 1.48. The van der Waals surface area contributed by atoms with Crippen LogP contribution in [0.3, 0.4) is 0 Å². The second kappa shape index (κ2) is 5.54. The van der Waals surface area contributed by atoms with E-state index in [0.717, 1.165) is 42.3 Å². The Morgan fingerprint density at radius 1 is 1.22 bits per heavy atom. The van der Waals surface area contributed by atoms with E-state index in [0.29, 0.717) is 5.78 Å². The molecule has 1 atom stereocenters. The molecule has 118 valence electrons. The van der Waals surface area contributed by atoms with Gasteiger partial charge in [0.05, 0.1) is 6.54 Å². The van der Waals surface area contributed by atoms with Gasteiger partial charge in [-0.15, -0.1) is 5.10 Å². The van der Waals surface area contributed by atoms with Crippen LogP contribution in [0.5, 0.6) is 0 Å². The summed E-state index contributed by atoms with van der Waals surface area (Å²) in [5, 5.41) is 4.63. The van der Waals surface area contributed by atoms with Crippen molar-refractivity contribution in [1.29, 1.82) is 0 Å². The SMILES string of the molecule is Cc1cc(C)n2c(=S)n(C[NH+]3CCc4ccccc4C3)nc2n1. The highest BCUT2D eigenvalue weighted by Gasteiger charge is 2.20. The Labute approximate surface area is 140 Å². The van der Waals surface area contributed by atoms with Crippen molar-refractivity contribution in [3.8, 4) is 0 Å². The van der Waals surface area contributed by atoms with Gasteiger partial charge < -0.3 is 4.90 Å². The first-order valence-electron chi connectivity index (χ1n) is 7.96. The van der Waals surface area contributed by atoms with Gasteiger partial charge in [0, 0.05) is 23.4 Å². The molecule has 0 radical (unpaired) electrons. The molecule has 1 aliphatic heterocycles. The molecule has 0 bridgehead atoms. The lowest BCUT2D eigenvalue weighted by atomic mass is 10.0. The summed E-state index contributed by atoms with van der Waals surface area (Å²) in [6.45, 7) is 6.96. The summed E-state index contributed by atoms with van der Waals surface area (Å²) >= 11 is 5.61. The highest BCUT2D eigenvalue weighted by Crippen LogP contribution is 2.11. The quantitative estimate of drug-likeness (QED) is 0.725. The molecule has 4 rings (SSSR count). The highest BCUT2D eigenvalue weighted by atomic mass is 32.1. The molecular weight excluding hydrogens is 306 g/mol. The molecule has 6 heteroatoms. The highest BCUT2D eigenvalue weighted by molar-refractivity contribution is 7.71. The van der Waals surface area contributed by atoms with Crippen molar-refractivity contribution in [3.63, 3.8) is 0 Å². The first kappa shape index (κ1) is 14.5. The molecule has 3 heterocycles. The van der Waals surface area contributed by atoms with Crippen LogP contribution in [0.25, 0.3) is 5.78 Å². The van der Waals surface area contributed by atoms with Gasteiger partial charge in [0.25, 0.3) is 5.78 Å². The van der Waals surface area contributed by atoms with E-state index in [9.17, 15) is 0 Å². The number of aryl methyl sites for hydroxylation is 2.